The molecule has 0 bridgehead atoms. The first-order valence-corrected chi connectivity index (χ1v) is 11.3. The van der Waals surface area contributed by atoms with Gasteiger partial charge >= 0.3 is 0 Å². The third-order valence-corrected chi connectivity index (χ3v) is 7.31. The molecule has 6 nitrogen and oxygen atoms in total. The van der Waals surface area contributed by atoms with Gasteiger partial charge in [0.15, 0.2) is 0 Å². The smallest absolute Gasteiger partial charge is 0.246 e. The Morgan fingerprint density at radius 3 is 2.57 bits per heavy atom. The van der Waals surface area contributed by atoms with E-state index in [0.29, 0.717) is 23.6 Å². The van der Waals surface area contributed by atoms with Crippen molar-refractivity contribution < 1.29 is 17.9 Å². The van der Waals surface area contributed by atoms with Gasteiger partial charge in [0, 0.05) is 34.2 Å². The Balaban J connectivity index is 1.68. The van der Waals surface area contributed by atoms with Crippen LogP contribution in [0.15, 0.2) is 51.8 Å². The Bertz CT molecular complexity index is 976. The Hall–Kier alpha value is -1.61. The molecule has 0 unspecified atom stereocenters. The molecule has 1 fully saturated rings. The summed E-state index contributed by atoms with van der Waals surface area (Å²) in [6, 6.07) is 11.9. The predicted octanol–water partition coefficient (Wildman–Crippen LogP) is 4.15. The number of benzene rings is 2. The van der Waals surface area contributed by atoms with Crippen LogP contribution in [-0.2, 0) is 14.8 Å². The van der Waals surface area contributed by atoms with Gasteiger partial charge in [-0.1, -0.05) is 33.6 Å². The second-order valence-electron chi connectivity index (χ2n) is 6.47. The molecule has 0 spiro atoms. The zero-order chi connectivity index (χ0) is 20.3. The van der Waals surface area contributed by atoms with Crippen LogP contribution in [0.4, 0.5) is 5.69 Å². The van der Waals surface area contributed by atoms with Crippen molar-refractivity contribution >= 4 is 49.1 Å². The van der Waals surface area contributed by atoms with Crippen LogP contribution >= 0.6 is 27.5 Å². The lowest BCUT2D eigenvalue weighted by Gasteiger charge is -2.31. The van der Waals surface area contributed by atoms with E-state index in [1.807, 2.05) is 24.3 Å². The van der Waals surface area contributed by atoms with E-state index >= 15 is 0 Å². The van der Waals surface area contributed by atoms with Gasteiger partial charge in [-0.15, -0.1) is 0 Å². The van der Waals surface area contributed by atoms with Crippen molar-refractivity contribution in [3.8, 4) is 5.75 Å². The lowest BCUT2D eigenvalue weighted by molar-refractivity contribution is -0.120. The second-order valence-corrected chi connectivity index (χ2v) is 9.73. The van der Waals surface area contributed by atoms with Crippen molar-refractivity contribution in [3.63, 3.8) is 0 Å². The van der Waals surface area contributed by atoms with E-state index < -0.39 is 10.0 Å². The fraction of sp³-hybridized carbons (Fsp3) is 0.316. The Kier molecular flexibility index (Phi) is 6.65. The molecule has 0 aromatic heterocycles. The summed E-state index contributed by atoms with van der Waals surface area (Å²) in [6.45, 7) is 0.517. The minimum Gasteiger partial charge on any atom is -0.495 e. The molecule has 3 rings (SSSR count). The van der Waals surface area contributed by atoms with Gasteiger partial charge in [0.25, 0.3) is 0 Å². The number of nitrogens with one attached hydrogen (secondary N) is 1. The molecule has 1 aliphatic heterocycles. The van der Waals surface area contributed by atoms with E-state index in [-0.39, 0.29) is 35.6 Å². The lowest BCUT2D eigenvalue weighted by Crippen LogP contribution is -2.41. The number of sulfonamides is 1. The van der Waals surface area contributed by atoms with Crippen LogP contribution in [0.1, 0.15) is 12.8 Å². The van der Waals surface area contributed by atoms with Crippen LogP contribution in [-0.4, -0.2) is 38.8 Å². The first-order valence-electron chi connectivity index (χ1n) is 8.71. The van der Waals surface area contributed by atoms with Crippen molar-refractivity contribution in [2.75, 3.05) is 25.5 Å². The SMILES string of the molecule is COc1ccc(Cl)cc1S(=O)(=O)N1CCC(C(=O)Nc2cccc(Br)c2)CC1. The zero-order valence-corrected chi connectivity index (χ0v) is 18.4. The summed E-state index contributed by atoms with van der Waals surface area (Å²) in [5.41, 5.74) is 0.707. The van der Waals surface area contributed by atoms with Gasteiger partial charge in [0.2, 0.25) is 15.9 Å². The summed E-state index contributed by atoms with van der Waals surface area (Å²) in [5, 5.41) is 3.21. The Morgan fingerprint density at radius 1 is 1.21 bits per heavy atom. The van der Waals surface area contributed by atoms with E-state index in [2.05, 4.69) is 21.2 Å². The maximum Gasteiger partial charge on any atom is 0.246 e. The molecule has 1 N–H and O–H groups in total. The molecular formula is C19H20BrClN2O4S. The van der Waals surface area contributed by atoms with Crippen molar-refractivity contribution in [2.24, 2.45) is 5.92 Å². The van der Waals surface area contributed by atoms with Gasteiger partial charge in [-0.2, -0.15) is 4.31 Å². The number of anilines is 1. The number of carbonyl (C=O) groups excluding carboxylic acids is 1. The van der Waals surface area contributed by atoms with Gasteiger partial charge in [-0.25, -0.2) is 8.42 Å². The van der Waals surface area contributed by atoms with Crippen molar-refractivity contribution in [1.29, 1.82) is 0 Å². The van der Waals surface area contributed by atoms with Crippen molar-refractivity contribution in [3.05, 3.63) is 52.0 Å². The summed E-state index contributed by atoms with van der Waals surface area (Å²) in [4.78, 5) is 12.6. The van der Waals surface area contributed by atoms with Crippen LogP contribution in [0.25, 0.3) is 0 Å². The number of methoxy groups -OCH3 is 1. The first kappa shape index (κ1) is 21.1. The standard InChI is InChI=1S/C19H20BrClN2O4S/c1-27-17-6-5-15(21)12-18(17)28(25,26)23-9-7-13(8-10-23)19(24)22-16-4-2-3-14(20)11-16/h2-6,11-13H,7-10H2,1H3,(H,22,24). The quantitative estimate of drug-likeness (QED) is 0.687. The number of hydrogen-bond acceptors (Lipinski definition) is 4. The Labute approximate surface area is 178 Å². The largest absolute Gasteiger partial charge is 0.495 e. The number of halogens is 2. The molecule has 0 saturated carbocycles. The van der Waals surface area contributed by atoms with E-state index in [0.717, 1.165) is 4.47 Å². The van der Waals surface area contributed by atoms with Crippen molar-refractivity contribution in [2.45, 2.75) is 17.7 Å². The second kappa shape index (κ2) is 8.82. The monoisotopic (exact) mass is 486 g/mol. The topological polar surface area (TPSA) is 75.7 Å². The molecule has 2 aromatic rings. The molecule has 1 heterocycles. The van der Waals surface area contributed by atoms with Crippen molar-refractivity contribution in [1.82, 2.24) is 4.31 Å². The molecule has 1 aliphatic rings. The number of amides is 1. The van der Waals surface area contributed by atoms with Gasteiger partial charge in [-0.3, -0.25) is 4.79 Å². The number of nitrogens with zero attached hydrogens (tertiary/aromatic N) is 1. The Morgan fingerprint density at radius 2 is 1.93 bits per heavy atom. The van der Waals surface area contributed by atoms with Crippen LogP contribution in [0.2, 0.25) is 5.02 Å². The summed E-state index contributed by atoms with van der Waals surface area (Å²) >= 11 is 9.35. The van der Waals surface area contributed by atoms with Crippen LogP contribution in [0, 0.1) is 5.92 Å². The van der Waals surface area contributed by atoms with E-state index in [4.69, 9.17) is 16.3 Å². The molecule has 0 radical (unpaired) electrons. The highest BCUT2D eigenvalue weighted by atomic mass is 79.9. The van der Waals surface area contributed by atoms with Gasteiger partial charge in [0.05, 0.1) is 7.11 Å². The maximum atomic E-state index is 13.0. The molecule has 9 heteroatoms. The average Bonchev–Trinajstić information content (AvgIpc) is 2.68. The lowest BCUT2D eigenvalue weighted by atomic mass is 9.97. The number of carbonyl (C=O) groups is 1. The number of hydrogen-bond donors (Lipinski definition) is 1. The van der Waals surface area contributed by atoms with Gasteiger partial charge in [0.1, 0.15) is 10.6 Å². The van der Waals surface area contributed by atoms with E-state index in [1.54, 1.807) is 6.07 Å². The van der Waals surface area contributed by atoms with Crippen LogP contribution < -0.4 is 10.1 Å². The molecule has 28 heavy (non-hydrogen) atoms. The fourth-order valence-electron chi connectivity index (χ4n) is 3.16. The molecule has 0 aliphatic carbocycles. The van der Waals surface area contributed by atoms with E-state index in [1.165, 1.54) is 23.5 Å². The molecular weight excluding hydrogens is 468 g/mol. The van der Waals surface area contributed by atoms with Crippen LogP contribution in [0.5, 0.6) is 5.75 Å². The third-order valence-electron chi connectivity index (χ3n) is 4.66. The fourth-order valence-corrected chi connectivity index (χ4v) is 5.45. The maximum absolute atomic E-state index is 13.0. The highest BCUT2D eigenvalue weighted by Gasteiger charge is 2.33. The molecule has 2 aromatic carbocycles. The molecule has 1 amide bonds. The summed E-state index contributed by atoms with van der Waals surface area (Å²) < 4.78 is 33.4. The molecule has 150 valence electrons. The summed E-state index contributed by atoms with van der Waals surface area (Å²) in [5.74, 6) is -0.0962. The van der Waals surface area contributed by atoms with Gasteiger partial charge in [-0.05, 0) is 49.2 Å². The summed E-state index contributed by atoms with van der Waals surface area (Å²) in [7, 11) is -2.34. The minimum absolute atomic E-state index is 0.0412. The van der Waals surface area contributed by atoms with Gasteiger partial charge < -0.3 is 10.1 Å². The highest BCUT2D eigenvalue weighted by molar-refractivity contribution is 9.10. The molecule has 1 saturated heterocycles. The van der Waals surface area contributed by atoms with E-state index in [9.17, 15) is 13.2 Å². The third kappa shape index (κ3) is 4.68. The number of rotatable bonds is 5. The minimum atomic E-state index is -3.75. The first-order chi connectivity index (χ1) is 13.3. The zero-order valence-electron chi connectivity index (χ0n) is 15.2. The number of ether oxygens (including phenoxy) is 1. The normalized spacial score (nSPS) is 16.0. The molecule has 0 atom stereocenters. The number of piperidine rings is 1. The average molecular weight is 488 g/mol. The predicted molar refractivity (Wildman–Crippen MR) is 112 cm³/mol. The van der Waals surface area contributed by atoms with Crippen LogP contribution in [0.3, 0.4) is 0 Å². The summed E-state index contributed by atoms with van der Waals surface area (Å²) in [6.07, 6.45) is 0.893. The highest BCUT2D eigenvalue weighted by Crippen LogP contribution is 2.32.